The fourth-order valence-electron chi connectivity index (χ4n) is 10.1. The second kappa shape index (κ2) is 8.57. The Morgan fingerprint density at radius 2 is 1.54 bits per heavy atom. The molecule has 5 aliphatic carbocycles. The first-order chi connectivity index (χ1) is 16.2. The minimum atomic E-state index is -0.618. The standard InChI is InChI=1S/C32H54O3/c1-21(9-12-32(35)17-13-28(2,3)14-18-32)23-7-8-24-27-25(10-11-31(23,24)6)30(5)16-15-29(4,34)20-22(30)19-26(27)33/h19,21,23-27,33-35H,7-18,20H2,1-6H3/t21-,23-,24+,25+,26?,27+,29+,30+,31-/m1/s1. The van der Waals surface area contributed by atoms with Crippen LogP contribution < -0.4 is 0 Å². The zero-order chi connectivity index (χ0) is 25.4. The fourth-order valence-corrected chi connectivity index (χ4v) is 10.1. The van der Waals surface area contributed by atoms with Crippen LogP contribution in [0.3, 0.4) is 0 Å². The number of aliphatic hydroxyl groups is 3. The van der Waals surface area contributed by atoms with Crippen LogP contribution in [0.5, 0.6) is 0 Å². The van der Waals surface area contributed by atoms with Gasteiger partial charge in [0.2, 0.25) is 0 Å². The number of fused-ring (bicyclic) bond motifs is 5. The molecule has 9 atom stereocenters. The molecule has 0 amide bonds. The molecule has 0 aromatic heterocycles. The van der Waals surface area contributed by atoms with Crippen molar-refractivity contribution in [3.05, 3.63) is 11.6 Å². The molecular weight excluding hydrogens is 432 g/mol. The predicted octanol–water partition coefficient (Wildman–Crippen LogP) is 7.03. The Bertz CT molecular complexity index is 832. The smallest absolute Gasteiger partial charge is 0.0757 e. The van der Waals surface area contributed by atoms with Crippen LogP contribution >= 0.6 is 0 Å². The third kappa shape index (κ3) is 4.48. The molecular formula is C32H54O3. The van der Waals surface area contributed by atoms with E-state index >= 15 is 0 Å². The minimum Gasteiger partial charge on any atom is -0.390 e. The summed E-state index contributed by atoms with van der Waals surface area (Å²) < 4.78 is 0. The van der Waals surface area contributed by atoms with Crippen molar-refractivity contribution in [1.29, 1.82) is 0 Å². The Morgan fingerprint density at radius 3 is 2.23 bits per heavy atom. The zero-order valence-corrected chi connectivity index (χ0v) is 23.6. The summed E-state index contributed by atoms with van der Waals surface area (Å²) in [5, 5.41) is 33.5. The largest absolute Gasteiger partial charge is 0.390 e. The van der Waals surface area contributed by atoms with E-state index in [9.17, 15) is 15.3 Å². The summed E-state index contributed by atoms with van der Waals surface area (Å²) in [6.45, 7) is 14.1. The molecule has 5 rings (SSSR count). The van der Waals surface area contributed by atoms with Crippen LogP contribution in [0.1, 0.15) is 125 Å². The monoisotopic (exact) mass is 486 g/mol. The van der Waals surface area contributed by atoms with Gasteiger partial charge in [0.15, 0.2) is 0 Å². The van der Waals surface area contributed by atoms with Gasteiger partial charge in [-0.15, -0.1) is 0 Å². The minimum absolute atomic E-state index is 0.148. The number of hydrogen-bond acceptors (Lipinski definition) is 3. The molecule has 0 spiro atoms. The zero-order valence-electron chi connectivity index (χ0n) is 23.6. The van der Waals surface area contributed by atoms with E-state index in [1.807, 2.05) is 6.92 Å². The van der Waals surface area contributed by atoms with Crippen molar-refractivity contribution in [1.82, 2.24) is 0 Å². The highest BCUT2D eigenvalue weighted by molar-refractivity contribution is 5.29. The summed E-state index contributed by atoms with van der Waals surface area (Å²) in [4.78, 5) is 0. The molecule has 0 radical (unpaired) electrons. The lowest BCUT2D eigenvalue weighted by Crippen LogP contribution is -2.55. The number of hydrogen-bond donors (Lipinski definition) is 3. The Labute approximate surface area is 215 Å². The lowest BCUT2D eigenvalue weighted by atomic mass is 9.45. The van der Waals surface area contributed by atoms with Crippen LogP contribution in [0.15, 0.2) is 11.6 Å². The van der Waals surface area contributed by atoms with Gasteiger partial charge in [-0.05, 0) is 136 Å². The first kappa shape index (κ1) is 26.2. The van der Waals surface area contributed by atoms with E-state index in [2.05, 4.69) is 40.7 Å². The van der Waals surface area contributed by atoms with Gasteiger partial charge in [0.25, 0.3) is 0 Å². The van der Waals surface area contributed by atoms with Crippen molar-refractivity contribution in [2.75, 3.05) is 0 Å². The van der Waals surface area contributed by atoms with E-state index in [4.69, 9.17) is 0 Å². The van der Waals surface area contributed by atoms with E-state index in [1.54, 1.807) is 0 Å². The first-order valence-electron chi connectivity index (χ1n) is 15.0. The van der Waals surface area contributed by atoms with Crippen molar-refractivity contribution in [2.45, 2.75) is 142 Å². The van der Waals surface area contributed by atoms with Crippen molar-refractivity contribution in [3.63, 3.8) is 0 Å². The summed E-state index contributed by atoms with van der Waals surface area (Å²) in [6, 6.07) is 0. The maximum atomic E-state index is 11.5. The van der Waals surface area contributed by atoms with Crippen molar-refractivity contribution in [2.24, 2.45) is 45.8 Å². The maximum absolute atomic E-state index is 11.5. The molecule has 3 N–H and O–H groups in total. The van der Waals surface area contributed by atoms with Gasteiger partial charge >= 0.3 is 0 Å². The summed E-state index contributed by atoms with van der Waals surface area (Å²) >= 11 is 0. The SMILES string of the molecule is C[C@H](CCC1(O)CCC(C)(C)CC1)[C@H]1CC[C@H]2[C@@H]3C(O)C=C4C[C@@](C)(O)CC[C@]4(C)[C@H]3CC[C@]12C. The van der Waals surface area contributed by atoms with E-state index < -0.39 is 11.2 Å². The van der Waals surface area contributed by atoms with Gasteiger partial charge < -0.3 is 15.3 Å². The molecule has 35 heavy (non-hydrogen) atoms. The van der Waals surface area contributed by atoms with Gasteiger partial charge in [-0.1, -0.05) is 46.3 Å². The Hall–Kier alpha value is -0.380. The summed E-state index contributed by atoms with van der Waals surface area (Å²) in [7, 11) is 0. The third-order valence-corrected chi connectivity index (χ3v) is 12.8. The molecule has 200 valence electrons. The predicted molar refractivity (Wildman–Crippen MR) is 143 cm³/mol. The van der Waals surface area contributed by atoms with Gasteiger partial charge in [-0.25, -0.2) is 0 Å². The topological polar surface area (TPSA) is 60.7 Å². The lowest BCUT2D eigenvalue weighted by molar-refractivity contribution is -0.106. The molecule has 0 heterocycles. The van der Waals surface area contributed by atoms with Gasteiger partial charge in [-0.2, -0.15) is 0 Å². The highest BCUT2D eigenvalue weighted by Crippen LogP contribution is 2.67. The molecule has 0 saturated heterocycles. The second-order valence-corrected chi connectivity index (χ2v) is 15.7. The Balaban J connectivity index is 1.29. The maximum Gasteiger partial charge on any atom is 0.0757 e. The summed E-state index contributed by atoms with van der Waals surface area (Å²) in [6.07, 6.45) is 15.8. The Morgan fingerprint density at radius 1 is 0.857 bits per heavy atom. The molecule has 1 unspecified atom stereocenters. The average molecular weight is 487 g/mol. The van der Waals surface area contributed by atoms with Crippen LogP contribution in [-0.4, -0.2) is 32.6 Å². The van der Waals surface area contributed by atoms with Crippen LogP contribution in [0.2, 0.25) is 0 Å². The first-order valence-corrected chi connectivity index (χ1v) is 15.0. The Kier molecular flexibility index (Phi) is 6.42. The van der Waals surface area contributed by atoms with Crippen molar-refractivity contribution >= 4 is 0 Å². The van der Waals surface area contributed by atoms with Crippen molar-refractivity contribution < 1.29 is 15.3 Å². The molecule has 0 aromatic carbocycles. The number of rotatable bonds is 4. The molecule has 3 heteroatoms. The van der Waals surface area contributed by atoms with Crippen molar-refractivity contribution in [3.8, 4) is 0 Å². The molecule has 0 bridgehead atoms. The highest BCUT2D eigenvalue weighted by Gasteiger charge is 2.61. The van der Waals surface area contributed by atoms with Crippen LogP contribution in [0.25, 0.3) is 0 Å². The van der Waals surface area contributed by atoms with Gasteiger partial charge in [0.05, 0.1) is 17.3 Å². The molecule has 0 aliphatic heterocycles. The quantitative estimate of drug-likeness (QED) is 0.374. The van der Waals surface area contributed by atoms with Crippen LogP contribution in [0.4, 0.5) is 0 Å². The molecule has 4 fully saturated rings. The second-order valence-electron chi connectivity index (χ2n) is 15.7. The fraction of sp³-hybridized carbons (Fsp3) is 0.938. The van der Waals surface area contributed by atoms with Crippen LogP contribution in [0, 0.1) is 45.8 Å². The molecule has 3 nitrogen and oxygen atoms in total. The van der Waals surface area contributed by atoms with Gasteiger partial charge in [-0.3, -0.25) is 0 Å². The normalized spacial score (nSPS) is 49.4. The number of aliphatic hydroxyl groups excluding tert-OH is 1. The van der Waals surface area contributed by atoms with E-state index in [-0.39, 0.29) is 11.5 Å². The molecule has 0 aromatic rings. The highest BCUT2D eigenvalue weighted by atomic mass is 16.3. The summed E-state index contributed by atoms with van der Waals surface area (Å²) in [5.74, 6) is 2.85. The summed E-state index contributed by atoms with van der Waals surface area (Å²) in [5.41, 5.74) is 1.11. The van der Waals surface area contributed by atoms with E-state index in [0.29, 0.717) is 40.4 Å². The van der Waals surface area contributed by atoms with Gasteiger partial charge in [0, 0.05) is 0 Å². The van der Waals surface area contributed by atoms with E-state index in [0.717, 1.165) is 57.8 Å². The van der Waals surface area contributed by atoms with Gasteiger partial charge in [0.1, 0.15) is 0 Å². The molecule has 5 aliphatic rings. The third-order valence-electron chi connectivity index (χ3n) is 12.8. The van der Waals surface area contributed by atoms with E-state index in [1.165, 1.54) is 31.3 Å². The lowest BCUT2D eigenvalue weighted by Gasteiger charge is -2.60. The van der Waals surface area contributed by atoms with Crippen LogP contribution in [-0.2, 0) is 0 Å². The molecule has 4 saturated carbocycles. The average Bonchev–Trinajstić information content (AvgIpc) is 3.13.